The predicted molar refractivity (Wildman–Crippen MR) is 91.4 cm³/mol. The molecule has 0 spiro atoms. The van der Waals surface area contributed by atoms with Gasteiger partial charge in [0.2, 0.25) is 0 Å². The standard InChI is InChI=1S/C18H22FN3O3/c1-12-10-13(2)22(21-12)16-8-7-14(11-15(16)19)18(25)20-9-5-3-4-6-17(23)24/h7-8,10-11H,3-6,9H2,1-2H3,(H,20,25)(H,23,24). The molecule has 1 amide bonds. The summed E-state index contributed by atoms with van der Waals surface area (Å²) in [6, 6.07) is 6.15. The van der Waals surface area contributed by atoms with E-state index in [-0.39, 0.29) is 17.9 Å². The molecule has 2 rings (SSSR count). The van der Waals surface area contributed by atoms with Crippen molar-refractivity contribution in [1.82, 2.24) is 15.1 Å². The Morgan fingerprint density at radius 1 is 1.20 bits per heavy atom. The average Bonchev–Trinajstić information content (AvgIpc) is 2.88. The zero-order chi connectivity index (χ0) is 18.4. The van der Waals surface area contributed by atoms with Crippen LogP contribution in [0.5, 0.6) is 0 Å². The number of amides is 1. The molecule has 0 saturated carbocycles. The Hall–Kier alpha value is -2.70. The minimum absolute atomic E-state index is 0.132. The highest BCUT2D eigenvalue weighted by Gasteiger charge is 2.13. The van der Waals surface area contributed by atoms with Gasteiger partial charge in [-0.3, -0.25) is 9.59 Å². The van der Waals surface area contributed by atoms with Gasteiger partial charge in [0.25, 0.3) is 5.91 Å². The molecule has 0 aliphatic heterocycles. The summed E-state index contributed by atoms with van der Waals surface area (Å²) in [6.07, 6.45) is 2.12. The summed E-state index contributed by atoms with van der Waals surface area (Å²) >= 11 is 0. The molecule has 6 nitrogen and oxygen atoms in total. The smallest absolute Gasteiger partial charge is 0.303 e. The SMILES string of the molecule is Cc1cc(C)n(-c2ccc(C(=O)NCCCCCC(=O)O)cc2F)n1. The molecule has 0 radical (unpaired) electrons. The number of rotatable bonds is 8. The number of carboxylic acids is 1. The number of benzene rings is 1. The molecule has 0 aliphatic carbocycles. The first-order valence-corrected chi connectivity index (χ1v) is 8.21. The van der Waals surface area contributed by atoms with Gasteiger partial charge < -0.3 is 10.4 Å². The molecule has 0 atom stereocenters. The molecule has 1 heterocycles. The van der Waals surface area contributed by atoms with E-state index in [0.29, 0.717) is 25.1 Å². The number of nitrogens with zero attached hydrogens (tertiary/aromatic N) is 2. The van der Waals surface area contributed by atoms with E-state index in [1.807, 2.05) is 19.9 Å². The molecule has 7 heteroatoms. The topological polar surface area (TPSA) is 84.2 Å². The second-order valence-corrected chi connectivity index (χ2v) is 5.97. The number of carbonyl (C=O) groups excluding carboxylic acids is 1. The van der Waals surface area contributed by atoms with Gasteiger partial charge in [0.05, 0.1) is 5.69 Å². The van der Waals surface area contributed by atoms with Crippen molar-refractivity contribution < 1.29 is 19.1 Å². The van der Waals surface area contributed by atoms with Crippen molar-refractivity contribution in [3.63, 3.8) is 0 Å². The third-order valence-corrected chi connectivity index (χ3v) is 3.80. The van der Waals surface area contributed by atoms with Crippen molar-refractivity contribution in [2.75, 3.05) is 6.54 Å². The van der Waals surface area contributed by atoms with Crippen LogP contribution in [-0.4, -0.2) is 33.3 Å². The summed E-state index contributed by atoms with van der Waals surface area (Å²) in [5.74, 6) is -1.68. The molecule has 1 aromatic carbocycles. The first kappa shape index (κ1) is 18.6. The predicted octanol–water partition coefficient (Wildman–Crippen LogP) is 3.00. The van der Waals surface area contributed by atoms with Crippen molar-refractivity contribution >= 4 is 11.9 Å². The summed E-state index contributed by atoms with van der Waals surface area (Å²) in [6.45, 7) is 4.10. The fourth-order valence-corrected chi connectivity index (χ4v) is 2.57. The fourth-order valence-electron chi connectivity index (χ4n) is 2.57. The lowest BCUT2D eigenvalue weighted by atomic mass is 10.1. The molecule has 25 heavy (non-hydrogen) atoms. The Bertz CT molecular complexity index is 771. The molecule has 0 unspecified atom stereocenters. The van der Waals surface area contributed by atoms with E-state index in [4.69, 9.17) is 5.11 Å². The van der Waals surface area contributed by atoms with Gasteiger partial charge >= 0.3 is 5.97 Å². The molecule has 0 aliphatic rings. The van der Waals surface area contributed by atoms with Crippen LogP contribution in [0.15, 0.2) is 24.3 Å². The van der Waals surface area contributed by atoms with Crippen LogP contribution in [0.1, 0.15) is 47.4 Å². The zero-order valence-corrected chi connectivity index (χ0v) is 14.4. The molecular weight excluding hydrogens is 325 g/mol. The van der Waals surface area contributed by atoms with Crippen molar-refractivity contribution in [3.05, 3.63) is 47.0 Å². The molecule has 2 aromatic rings. The van der Waals surface area contributed by atoms with Crippen LogP contribution in [0.25, 0.3) is 5.69 Å². The lowest BCUT2D eigenvalue weighted by Crippen LogP contribution is -2.24. The molecule has 1 aromatic heterocycles. The summed E-state index contributed by atoms with van der Waals surface area (Å²) in [4.78, 5) is 22.5. The van der Waals surface area contributed by atoms with E-state index in [1.165, 1.54) is 16.8 Å². The Labute approximate surface area is 145 Å². The van der Waals surface area contributed by atoms with Crippen LogP contribution in [0.3, 0.4) is 0 Å². The van der Waals surface area contributed by atoms with Gasteiger partial charge in [-0.05, 0) is 51.0 Å². The van der Waals surface area contributed by atoms with Crippen LogP contribution in [0.4, 0.5) is 4.39 Å². The van der Waals surface area contributed by atoms with E-state index in [0.717, 1.165) is 17.8 Å². The Balaban J connectivity index is 1.92. The van der Waals surface area contributed by atoms with Crippen molar-refractivity contribution in [1.29, 1.82) is 0 Å². The molecular formula is C18H22FN3O3. The van der Waals surface area contributed by atoms with Crippen LogP contribution >= 0.6 is 0 Å². The number of unbranched alkanes of at least 4 members (excludes halogenated alkanes) is 2. The zero-order valence-electron chi connectivity index (χ0n) is 14.4. The van der Waals surface area contributed by atoms with Crippen LogP contribution in [0.2, 0.25) is 0 Å². The first-order chi connectivity index (χ1) is 11.9. The highest BCUT2D eigenvalue weighted by atomic mass is 19.1. The lowest BCUT2D eigenvalue weighted by molar-refractivity contribution is -0.137. The molecule has 0 saturated heterocycles. The van der Waals surface area contributed by atoms with Gasteiger partial charge in [-0.25, -0.2) is 9.07 Å². The van der Waals surface area contributed by atoms with E-state index in [2.05, 4.69) is 10.4 Å². The highest BCUT2D eigenvalue weighted by Crippen LogP contribution is 2.17. The highest BCUT2D eigenvalue weighted by molar-refractivity contribution is 5.94. The Morgan fingerprint density at radius 2 is 1.96 bits per heavy atom. The quantitative estimate of drug-likeness (QED) is 0.719. The van der Waals surface area contributed by atoms with Gasteiger partial charge in [-0.1, -0.05) is 6.42 Å². The van der Waals surface area contributed by atoms with Crippen molar-refractivity contribution in [3.8, 4) is 5.69 Å². The van der Waals surface area contributed by atoms with Gasteiger partial charge in [0.1, 0.15) is 11.5 Å². The molecule has 0 fully saturated rings. The number of nitrogens with one attached hydrogen (secondary N) is 1. The van der Waals surface area contributed by atoms with Crippen molar-refractivity contribution in [2.24, 2.45) is 0 Å². The van der Waals surface area contributed by atoms with E-state index in [9.17, 15) is 14.0 Å². The molecule has 2 N–H and O–H groups in total. The second kappa shape index (κ2) is 8.41. The van der Waals surface area contributed by atoms with Crippen molar-refractivity contribution in [2.45, 2.75) is 39.5 Å². The minimum Gasteiger partial charge on any atom is -0.481 e. The number of aryl methyl sites for hydroxylation is 2. The largest absolute Gasteiger partial charge is 0.481 e. The summed E-state index contributed by atoms with van der Waals surface area (Å²) in [5.41, 5.74) is 2.15. The normalized spacial score (nSPS) is 10.7. The van der Waals surface area contributed by atoms with E-state index in [1.54, 1.807) is 6.07 Å². The van der Waals surface area contributed by atoms with E-state index >= 15 is 0 Å². The maximum atomic E-state index is 14.4. The molecule has 0 bridgehead atoms. The van der Waals surface area contributed by atoms with E-state index < -0.39 is 11.8 Å². The van der Waals surface area contributed by atoms with Gasteiger partial charge in [0, 0.05) is 24.2 Å². The van der Waals surface area contributed by atoms with Gasteiger partial charge in [-0.2, -0.15) is 5.10 Å². The third-order valence-electron chi connectivity index (χ3n) is 3.80. The number of hydrogen-bond acceptors (Lipinski definition) is 3. The number of aliphatic carboxylic acids is 1. The Kier molecular flexibility index (Phi) is 6.27. The minimum atomic E-state index is -0.817. The third kappa shape index (κ3) is 5.14. The maximum absolute atomic E-state index is 14.4. The molecule has 134 valence electrons. The van der Waals surface area contributed by atoms with Crippen LogP contribution in [0, 0.1) is 19.7 Å². The fraction of sp³-hybridized carbons (Fsp3) is 0.389. The Morgan fingerprint density at radius 3 is 2.56 bits per heavy atom. The first-order valence-electron chi connectivity index (χ1n) is 8.21. The summed E-state index contributed by atoms with van der Waals surface area (Å²) < 4.78 is 15.9. The summed E-state index contributed by atoms with van der Waals surface area (Å²) in [5, 5.41) is 15.5. The number of carboxylic acid groups (broad SMARTS) is 1. The number of halogens is 1. The summed E-state index contributed by atoms with van der Waals surface area (Å²) in [7, 11) is 0. The number of hydrogen-bond donors (Lipinski definition) is 2. The van der Waals surface area contributed by atoms with Gasteiger partial charge in [-0.15, -0.1) is 0 Å². The second-order valence-electron chi connectivity index (χ2n) is 5.97. The number of carbonyl (C=O) groups is 2. The monoisotopic (exact) mass is 347 g/mol. The van der Waals surface area contributed by atoms with Crippen LogP contribution in [-0.2, 0) is 4.79 Å². The average molecular weight is 347 g/mol. The number of aromatic nitrogens is 2. The van der Waals surface area contributed by atoms with Crippen LogP contribution < -0.4 is 5.32 Å². The lowest BCUT2D eigenvalue weighted by Gasteiger charge is -2.09. The maximum Gasteiger partial charge on any atom is 0.303 e. The van der Waals surface area contributed by atoms with Gasteiger partial charge in [0.15, 0.2) is 0 Å².